The summed E-state index contributed by atoms with van der Waals surface area (Å²) in [5.74, 6) is 0. The molecule has 0 bridgehead atoms. The second kappa shape index (κ2) is 18.5. The Bertz CT molecular complexity index is 3580. The van der Waals surface area contributed by atoms with E-state index in [4.69, 9.17) is 12.3 Å². The third kappa shape index (κ3) is 7.40. The second-order valence-electron chi connectivity index (χ2n) is 19.4. The largest absolute Gasteiger partial charge is 0.399 e. The Morgan fingerprint density at radius 1 is 0.458 bits per heavy atom. The molecule has 9 aromatic rings. The van der Waals surface area contributed by atoms with Gasteiger partial charge in [-0.15, -0.1) is 0 Å². The van der Waals surface area contributed by atoms with E-state index >= 15 is 0 Å². The van der Waals surface area contributed by atoms with E-state index in [2.05, 4.69) is 262 Å². The molecule has 0 heterocycles. The smallest absolute Gasteiger partial charge is 0.0713 e. The average molecular weight is 922 g/mol. The summed E-state index contributed by atoms with van der Waals surface area (Å²) in [7, 11) is 0. The number of hydrogen-bond donors (Lipinski definition) is 1. The number of nitrogens with two attached hydrogens (primary N) is 1. The normalized spacial score (nSPS) is 15.7. The van der Waals surface area contributed by atoms with Gasteiger partial charge in [-0.3, -0.25) is 0 Å². The van der Waals surface area contributed by atoms with Crippen LogP contribution in [0.15, 0.2) is 279 Å². The van der Waals surface area contributed by atoms with Gasteiger partial charge in [-0.2, -0.15) is 0 Å². The first-order chi connectivity index (χ1) is 35.4. The van der Waals surface area contributed by atoms with E-state index in [0.717, 1.165) is 63.1 Å². The number of rotatable bonds is 10. The topological polar surface area (TPSA) is 26.0 Å². The van der Waals surface area contributed by atoms with Crippen LogP contribution >= 0.6 is 0 Å². The van der Waals surface area contributed by atoms with Crippen molar-refractivity contribution in [1.82, 2.24) is 0 Å². The highest BCUT2D eigenvalue weighted by Gasteiger charge is 2.48. The number of hydrogen-bond acceptors (Lipinski definition) is 1. The summed E-state index contributed by atoms with van der Waals surface area (Å²) in [6.45, 7) is 7.15. The summed E-state index contributed by atoms with van der Waals surface area (Å²) < 4.78 is 0. The predicted octanol–water partition coefficient (Wildman–Crippen LogP) is 17.5. The molecule has 1 nitrogen and oxygen atoms in total. The van der Waals surface area contributed by atoms with Crippen molar-refractivity contribution in [3.63, 3.8) is 0 Å². The third-order valence-electron chi connectivity index (χ3n) is 15.4. The van der Waals surface area contributed by atoms with Crippen LogP contribution in [0.4, 0.5) is 5.69 Å². The molecule has 0 atom stereocenters. The molecule has 0 saturated carbocycles. The molecular weight excluding hydrogens is 867 g/mol. The van der Waals surface area contributed by atoms with E-state index < -0.39 is 10.8 Å². The van der Waals surface area contributed by atoms with Crippen molar-refractivity contribution in [3.05, 3.63) is 340 Å². The van der Waals surface area contributed by atoms with E-state index in [-0.39, 0.29) is 0 Å². The zero-order valence-corrected chi connectivity index (χ0v) is 40.6. The molecule has 9 aromatic carbocycles. The number of anilines is 1. The van der Waals surface area contributed by atoms with Crippen LogP contribution in [0, 0.1) is 0 Å². The van der Waals surface area contributed by atoms with Crippen molar-refractivity contribution in [1.29, 1.82) is 0 Å². The lowest BCUT2D eigenvalue weighted by Gasteiger charge is -2.35. The second-order valence-corrected chi connectivity index (χ2v) is 19.4. The average Bonchev–Trinajstić information content (AvgIpc) is 3.88. The van der Waals surface area contributed by atoms with Gasteiger partial charge in [0.2, 0.25) is 0 Å². The summed E-state index contributed by atoms with van der Waals surface area (Å²) in [6, 6.07) is 84.5. The van der Waals surface area contributed by atoms with Gasteiger partial charge in [0.15, 0.2) is 0 Å². The van der Waals surface area contributed by atoms with Gasteiger partial charge in [0.25, 0.3) is 0 Å². The molecule has 1 heteroatoms. The highest BCUT2D eigenvalue weighted by Crippen LogP contribution is 2.58. The Kier molecular flexibility index (Phi) is 11.4. The van der Waals surface area contributed by atoms with Gasteiger partial charge in [-0.1, -0.05) is 243 Å². The number of allylic oxidation sites excluding steroid dienone is 11. The van der Waals surface area contributed by atoms with Crippen LogP contribution in [0.1, 0.15) is 81.0 Å². The fraction of sp³-hybridized carbons (Fsp3) is 0.0704. The Morgan fingerprint density at radius 3 is 1.57 bits per heavy atom. The minimum atomic E-state index is -0.531. The number of nitrogen functional groups attached to an aromatic ring is 1. The minimum absolute atomic E-state index is 0.516. The molecule has 344 valence electrons. The van der Waals surface area contributed by atoms with Crippen LogP contribution < -0.4 is 5.73 Å². The Morgan fingerprint density at radius 2 is 0.944 bits per heavy atom. The fourth-order valence-electron chi connectivity index (χ4n) is 12.1. The first-order valence-corrected chi connectivity index (χ1v) is 25.2. The Balaban J connectivity index is 1.05. The Hall–Kier alpha value is -8.78. The van der Waals surface area contributed by atoms with Crippen LogP contribution in [0.3, 0.4) is 0 Å². The highest BCUT2D eigenvalue weighted by molar-refractivity contribution is 5.95. The maximum atomic E-state index is 6.06. The zero-order valence-electron chi connectivity index (χ0n) is 40.6. The summed E-state index contributed by atoms with van der Waals surface area (Å²) >= 11 is 0. The van der Waals surface area contributed by atoms with Crippen molar-refractivity contribution < 1.29 is 0 Å². The van der Waals surface area contributed by atoms with Gasteiger partial charge in [-0.25, -0.2) is 0 Å². The van der Waals surface area contributed by atoms with Crippen LogP contribution in [0.2, 0.25) is 0 Å². The standard InChI is InChI=1S/C71H55N/c1-49(51-33-35-52(36-34-51)53-37-41-61(72)42-38-53)45-56(55-40-44-65-62-29-17-3-4-18-31-66(62)71(69(65)48-55,59-25-13-7-14-26-59)60-27-15-8-16-28-60)46-50(2)54-39-43-64-63-30-19-20-32-67(63)70(68(64)47-54,57-21-9-5-10-22-57)58-23-11-6-12-24-58/h3-16,18-28,30-48H,2,17,29,72H2,1H3/b4-3-,31-18?,49-45+,56-46+. The molecule has 0 radical (unpaired) electrons. The highest BCUT2D eigenvalue weighted by atomic mass is 14.5. The van der Waals surface area contributed by atoms with Crippen molar-refractivity contribution in [2.24, 2.45) is 0 Å². The zero-order chi connectivity index (χ0) is 48.7. The van der Waals surface area contributed by atoms with E-state index in [0.29, 0.717) is 0 Å². The van der Waals surface area contributed by atoms with Crippen LogP contribution in [0.5, 0.6) is 0 Å². The van der Waals surface area contributed by atoms with Crippen LogP contribution in [-0.4, -0.2) is 0 Å². The van der Waals surface area contributed by atoms with Gasteiger partial charge in [-0.05, 0) is 161 Å². The molecule has 0 fully saturated rings. The summed E-state index contributed by atoms with van der Waals surface area (Å²) in [6.07, 6.45) is 15.7. The summed E-state index contributed by atoms with van der Waals surface area (Å²) in [4.78, 5) is 0. The third-order valence-corrected chi connectivity index (χ3v) is 15.4. The summed E-state index contributed by atoms with van der Waals surface area (Å²) in [5.41, 5.74) is 30.1. The first-order valence-electron chi connectivity index (χ1n) is 25.2. The van der Waals surface area contributed by atoms with Gasteiger partial charge < -0.3 is 5.73 Å². The van der Waals surface area contributed by atoms with Crippen molar-refractivity contribution in [2.75, 3.05) is 5.73 Å². The molecule has 0 amide bonds. The van der Waals surface area contributed by atoms with Gasteiger partial charge in [0.05, 0.1) is 10.8 Å². The minimum Gasteiger partial charge on any atom is -0.399 e. The molecule has 0 aliphatic heterocycles. The van der Waals surface area contributed by atoms with Crippen LogP contribution in [0.25, 0.3) is 44.5 Å². The van der Waals surface area contributed by atoms with Crippen molar-refractivity contribution in [2.45, 2.75) is 30.6 Å². The lowest BCUT2D eigenvalue weighted by atomic mass is 9.66. The molecule has 3 aliphatic carbocycles. The molecule has 0 spiro atoms. The predicted molar refractivity (Wildman–Crippen MR) is 304 cm³/mol. The SMILES string of the molecule is C=C(/C=C(\C=C(/C)c1ccc(-c2ccc(N)cc2)cc1)c1ccc2c(c1)C(c1ccccc1)(c1ccccc1)C1=C2CC/C=C\C=C1)c1ccc2c(c1)C(c1ccccc1)(c1ccccc1)c1ccccc1-2. The molecule has 0 aromatic heterocycles. The molecule has 0 saturated heterocycles. The molecule has 2 N–H and O–H groups in total. The maximum absolute atomic E-state index is 6.06. The van der Waals surface area contributed by atoms with E-state index in [9.17, 15) is 0 Å². The van der Waals surface area contributed by atoms with Crippen molar-refractivity contribution >= 4 is 28.0 Å². The quantitative estimate of drug-likeness (QED) is 0.107. The van der Waals surface area contributed by atoms with Gasteiger partial charge >= 0.3 is 0 Å². The van der Waals surface area contributed by atoms with E-state index in [1.807, 2.05) is 12.1 Å². The number of benzene rings is 9. The monoisotopic (exact) mass is 921 g/mol. The molecule has 3 aliphatic rings. The molecule has 12 rings (SSSR count). The van der Waals surface area contributed by atoms with Gasteiger partial charge in [0, 0.05) is 5.69 Å². The lowest BCUT2D eigenvalue weighted by Crippen LogP contribution is -2.29. The number of fused-ring (bicyclic) bond motifs is 5. The summed E-state index contributed by atoms with van der Waals surface area (Å²) in [5, 5.41) is 0. The lowest BCUT2D eigenvalue weighted by molar-refractivity contribution is 0.759. The van der Waals surface area contributed by atoms with Gasteiger partial charge in [0.1, 0.15) is 0 Å². The Labute approximate surface area is 424 Å². The molecule has 72 heavy (non-hydrogen) atoms. The van der Waals surface area contributed by atoms with E-state index in [1.165, 1.54) is 66.8 Å². The van der Waals surface area contributed by atoms with Crippen LogP contribution in [-0.2, 0) is 10.8 Å². The van der Waals surface area contributed by atoms with Crippen molar-refractivity contribution in [3.8, 4) is 22.3 Å². The van der Waals surface area contributed by atoms with E-state index in [1.54, 1.807) is 0 Å². The fourth-order valence-corrected chi connectivity index (χ4v) is 12.1. The molecular formula is C71H55N. The first kappa shape index (κ1) is 44.4. The maximum Gasteiger partial charge on any atom is 0.0713 e. The molecule has 0 unspecified atom stereocenters.